The minimum Gasteiger partial charge on any atom is -0.461 e. The second-order valence-electron chi connectivity index (χ2n) is 6.72. The summed E-state index contributed by atoms with van der Waals surface area (Å²) in [6.45, 7) is 7.02. The summed E-state index contributed by atoms with van der Waals surface area (Å²) in [5.74, 6) is -1.92. The van der Waals surface area contributed by atoms with Crippen molar-refractivity contribution in [2.75, 3.05) is 0 Å². The minimum atomic E-state index is -0.815. The molecule has 0 bridgehead atoms. The lowest BCUT2D eigenvalue weighted by Crippen LogP contribution is -2.31. The monoisotopic (exact) mass is 334 g/mol. The van der Waals surface area contributed by atoms with E-state index in [1.807, 2.05) is 30.3 Å². The maximum Gasteiger partial charge on any atom is 0.316 e. The molecule has 0 N–H and O–H groups in total. The lowest BCUT2D eigenvalue weighted by Gasteiger charge is -2.21. The third-order valence-corrected chi connectivity index (χ3v) is 3.29. The largest absolute Gasteiger partial charge is 0.461 e. The molecule has 132 valence electrons. The fraction of sp³-hybridized carbons (Fsp3) is 0.526. The summed E-state index contributed by atoms with van der Waals surface area (Å²) in [5.41, 5.74) is 0.299. The van der Waals surface area contributed by atoms with E-state index in [1.165, 1.54) is 6.92 Å². The van der Waals surface area contributed by atoms with Gasteiger partial charge in [0.1, 0.15) is 23.9 Å². The Kier molecular flexibility index (Phi) is 7.62. The van der Waals surface area contributed by atoms with Gasteiger partial charge < -0.3 is 9.47 Å². The Labute approximate surface area is 143 Å². The first-order valence-corrected chi connectivity index (χ1v) is 8.14. The van der Waals surface area contributed by atoms with E-state index in [2.05, 4.69) is 0 Å². The van der Waals surface area contributed by atoms with Crippen LogP contribution in [0.1, 0.15) is 52.5 Å². The molecule has 1 unspecified atom stereocenters. The Balaban J connectivity index is 2.27. The Morgan fingerprint density at radius 2 is 1.67 bits per heavy atom. The molecule has 1 rings (SSSR count). The molecule has 0 aliphatic heterocycles. The van der Waals surface area contributed by atoms with Crippen LogP contribution in [0.4, 0.5) is 0 Å². The van der Waals surface area contributed by atoms with Crippen LogP contribution in [0.3, 0.4) is 0 Å². The van der Waals surface area contributed by atoms with E-state index >= 15 is 0 Å². The van der Waals surface area contributed by atoms with Crippen LogP contribution in [-0.4, -0.2) is 23.3 Å². The van der Waals surface area contributed by atoms with E-state index in [-0.39, 0.29) is 31.2 Å². The van der Waals surface area contributed by atoms with E-state index in [4.69, 9.17) is 9.47 Å². The van der Waals surface area contributed by atoms with Gasteiger partial charge in [0.15, 0.2) is 0 Å². The molecule has 24 heavy (non-hydrogen) atoms. The van der Waals surface area contributed by atoms with Crippen molar-refractivity contribution in [1.82, 2.24) is 0 Å². The van der Waals surface area contributed by atoms with Crippen LogP contribution in [0.15, 0.2) is 30.3 Å². The van der Waals surface area contributed by atoms with Crippen LogP contribution in [0.25, 0.3) is 0 Å². The topological polar surface area (TPSA) is 69.7 Å². The highest BCUT2D eigenvalue weighted by Gasteiger charge is 2.26. The maximum absolute atomic E-state index is 12.0. The second kappa shape index (κ2) is 9.21. The first kappa shape index (κ1) is 19.9. The number of esters is 2. The van der Waals surface area contributed by atoms with Crippen molar-refractivity contribution in [3.8, 4) is 0 Å². The van der Waals surface area contributed by atoms with Crippen LogP contribution in [0, 0.1) is 5.92 Å². The first-order valence-electron chi connectivity index (χ1n) is 8.14. The molecule has 5 nitrogen and oxygen atoms in total. The normalized spacial score (nSPS) is 12.3. The van der Waals surface area contributed by atoms with Gasteiger partial charge in [-0.2, -0.15) is 0 Å². The van der Waals surface area contributed by atoms with Crippen molar-refractivity contribution in [1.29, 1.82) is 0 Å². The van der Waals surface area contributed by atoms with Gasteiger partial charge in [-0.15, -0.1) is 0 Å². The number of Topliss-reactive ketones (excluding diaryl/α,β-unsaturated/α-hetero) is 1. The van der Waals surface area contributed by atoms with Gasteiger partial charge in [-0.05, 0) is 39.7 Å². The first-order chi connectivity index (χ1) is 11.2. The molecule has 0 spiro atoms. The van der Waals surface area contributed by atoms with Crippen LogP contribution in [0.5, 0.6) is 0 Å². The highest BCUT2D eigenvalue weighted by atomic mass is 16.6. The third-order valence-electron chi connectivity index (χ3n) is 3.29. The van der Waals surface area contributed by atoms with Gasteiger partial charge in [-0.1, -0.05) is 30.3 Å². The molecule has 0 heterocycles. The smallest absolute Gasteiger partial charge is 0.316 e. The molecule has 0 aliphatic carbocycles. The van der Waals surface area contributed by atoms with E-state index in [1.54, 1.807) is 20.8 Å². The molecular formula is C19H26O5. The number of rotatable bonds is 8. The summed E-state index contributed by atoms with van der Waals surface area (Å²) >= 11 is 0. The van der Waals surface area contributed by atoms with Gasteiger partial charge in [0.2, 0.25) is 0 Å². The van der Waals surface area contributed by atoms with Gasteiger partial charge in [0.05, 0.1) is 0 Å². The number of carbonyl (C=O) groups excluding carboxylic acids is 3. The van der Waals surface area contributed by atoms with Crippen LogP contribution in [-0.2, 0) is 30.5 Å². The van der Waals surface area contributed by atoms with Crippen molar-refractivity contribution < 1.29 is 23.9 Å². The summed E-state index contributed by atoms with van der Waals surface area (Å²) in [5, 5.41) is 0. The fourth-order valence-electron chi connectivity index (χ4n) is 1.96. The molecular weight excluding hydrogens is 308 g/mol. The van der Waals surface area contributed by atoms with Crippen molar-refractivity contribution >= 4 is 17.7 Å². The second-order valence-corrected chi connectivity index (χ2v) is 6.72. The van der Waals surface area contributed by atoms with Crippen LogP contribution < -0.4 is 0 Å². The molecule has 5 heteroatoms. The molecule has 1 atom stereocenters. The number of benzene rings is 1. The number of carbonyl (C=O) groups is 3. The summed E-state index contributed by atoms with van der Waals surface area (Å²) in [6.07, 6.45) is 0.667. The Morgan fingerprint density at radius 1 is 1.04 bits per heavy atom. The molecule has 0 amide bonds. The SMILES string of the molecule is CC(C(=O)CCCC(=O)OCc1ccccc1)C(=O)OC(C)(C)C. The number of ketones is 1. The lowest BCUT2D eigenvalue weighted by molar-refractivity contribution is -0.161. The summed E-state index contributed by atoms with van der Waals surface area (Å²) in [4.78, 5) is 35.5. The van der Waals surface area contributed by atoms with Gasteiger partial charge in [-0.3, -0.25) is 14.4 Å². The molecule has 0 aliphatic rings. The third kappa shape index (κ3) is 7.90. The van der Waals surface area contributed by atoms with E-state index in [9.17, 15) is 14.4 Å². The molecule has 1 aromatic carbocycles. The predicted octanol–water partition coefficient (Wildman–Crippen LogP) is 3.45. The maximum atomic E-state index is 12.0. The predicted molar refractivity (Wildman–Crippen MR) is 90.1 cm³/mol. The zero-order valence-electron chi connectivity index (χ0n) is 14.8. The quantitative estimate of drug-likeness (QED) is 0.538. The number of hydrogen-bond donors (Lipinski definition) is 0. The van der Waals surface area contributed by atoms with Crippen molar-refractivity contribution in [3.63, 3.8) is 0 Å². The number of ether oxygens (including phenoxy) is 2. The molecule has 0 saturated carbocycles. The average molecular weight is 334 g/mol. The standard InChI is InChI=1S/C19H26O5/c1-14(18(22)24-19(2,3)4)16(20)11-8-12-17(21)23-13-15-9-6-5-7-10-15/h5-7,9-10,14H,8,11-13H2,1-4H3. The van der Waals surface area contributed by atoms with Crippen LogP contribution in [0.2, 0.25) is 0 Å². The van der Waals surface area contributed by atoms with Crippen molar-refractivity contribution in [2.45, 2.75) is 59.2 Å². The zero-order valence-corrected chi connectivity index (χ0v) is 14.8. The molecule has 1 aromatic rings. The fourth-order valence-corrected chi connectivity index (χ4v) is 1.96. The van der Waals surface area contributed by atoms with E-state index in [0.29, 0.717) is 6.42 Å². The average Bonchev–Trinajstić information content (AvgIpc) is 2.51. The number of hydrogen-bond acceptors (Lipinski definition) is 5. The van der Waals surface area contributed by atoms with Crippen LogP contribution >= 0.6 is 0 Å². The summed E-state index contributed by atoms with van der Waals surface area (Å²) in [6, 6.07) is 9.39. The minimum absolute atomic E-state index is 0.152. The zero-order chi connectivity index (χ0) is 18.2. The summed E-state index contributed by atoms with van der Waals surface area (Å²) < 4.78 is 10.3. The van der Waals surface area contributed by atoms with Gasteiger partial charge in [-0.25, -0.2) is 0 Å². The Hall–Kier alpha value is -2.17. The summed E-state index contributed by atoms with van der Waals surface area (Å²) in [7, 11) is 0. The molecule has 0 aromatic heterocycles. The van der Waals surface area contributed by atoms with Crippen molar-refractivity contribution in [2.24, 2.45) is 5.92 Å². The lowest BCUT2D eigenvalue weighted by atomic mass is 10.0. The Morgan fingerprint density at radius 3 is 2.25 bits per heavy atom. The van der Waals surface area contributed by atoms with Gasteiger partial charge >= 0.3 is 11.9 Å². The van der Waals surface area contributed by atoms with Crippen molar-refractivity contribution in [3.05, 3.63) is 35.9 Å². The van der Waals surface area contributed by atoms with E-state index < -0.39 is 17.5 Å². The van der Waals surface area contributed by atoms with Gasteiger partial charge in [0.25, 0.3) is 0 Å². The molecule has 0 fully saturated rings. The Bertz CT molecular complexity index is 557. The highest BCUT2D eigenvalue weighted by Crippen LogP contribution is 2.14. The molecule has 0 radical (unpaired) electrons. The highest BCUT2D eigenvalue weighted by molar-refractivity contribution is 5.98. The van der Waals surface area contributed by atoms with E-state index in [0.717, 1.165) is 5.56 Å². The van der Waals surface area contributed by atoms with Gasteiger partial charge in [0, 0.05) is 12.8 Å². The molecule has 0 saturated heterocycles.